The standard InChI is InChI=1S/C17H14N4O5/c1-25-13-8-6-12(7-9-13)21-14(17(24)26-20-21)16(23)19-11-4-2-10(3-5-11)15(18)22/h2-9H,1H3,(H3-,18,19,20,22,23,24)/p+1. The average molecular weight is 355 g/mol. The third-order valence-electron chi connectivity index (χ3n) is 3.62. The number of nitrogens with one attached hydrogen (secondary N) is 2. The van der Waals surface area contributed by atoms with E-state index in [1.807, 2.05) is 0 Å². The number of nitrogens with two attached hydrogens (primary N) is 1. The number of carbonyl (C=O) groups excluding carboxylic acids is 2. The molecule has 0 unspecified atom stereocenters. The van der Waals surface area contributed by atoms with Gasteiger partial charge in [0.1, 0.15) is 5.75 Å². The lowest BCUT2D eigenvalue weighted by Gasteiger charge is -2.02. The van der Waals surface area contributed by atoms with Crippen LogP contribution in [0.15, 0.2) is 57.8 Å². The first-order chi connectivity index (χ1) is 12.5. The van der Waals surface area contributed by atoms with Gasteiger partial charge in [-0.15, -0.1) is 0 Å². The Kier molecular flexibility index (Phi) is 4.52. The van der Waals surface area contributed by atoms with Gasteiger partial charge in [0.05, 0.1) is 7.11 Å². The van der Waals surface area contributed by atoms with Crippen molar-refractivity contribution in [3.05, 3.63) is 70.2 Å². The number of hydrogen-bond donors (Lipinski definition) is 3. The molecule has 1 aromatic heterocycles. The van der Waals surface area contributed by atoms with E-state index < -0.39 is 17.4 Å². The highest BCUT2D eigenvalue weighted by molar-refractivity contribution is 6.02. The Morgan fingerprint density at radius 2 is 1.77 bits per heavy atom. The number of methoxy groups -OCH3 is 1. The van der Waals surface area contributed by atoms with Crippen molar-refractivity contribution in [3.63, 3.8) is 0 Å². The molecular formula is C17H15N4O5+. The van der Waals surface area contributed by atoms with Gasteiger partial charge in [-0.05, 0) is 46.4 Å². The summed E-state index contributed by atoms with van der Waals surface area (Å²) >= 11 is 0. The fraction of sp³-hybridized carbons (Fsp3) is 0.0588. The molecule has 0 spiro atoms. The van der Waals surface area contributed by atoms with E-state index in [9.17, 15) is 14.4 Å². The maximum absolute atomic E-state index is 12.5. The number of H-pyrrole nitrogens is 1. The minimum atomic E-state index is -0.827. The van der Waals surface area contributed by atoms with Crippen molar-refractivity contribution in [2.75, 3.05) is 12.4 Å². The molecule has 2 aromatic carbocycles. The number of aromatic amines is 1. The van der Waals surface area contributed by atoms with Gasteiger partial charge in [-0.2, -0.15) is 0 Å². The van der Waals surface area contributed by atoms with Crippen LogP contribution in [0.3, 0.4) is 0 Å². The number of benzene rings is 2. The summed E-state index contributed by atoms with van der Waals surface area (Å²) in [6.45, 7) is 0. The van der Waals surface area contributed by atoms with Crippen molar-refractivity contribution in [1.29, 1.82) is 0 Å². The van der Waals surface area contributed by atoms with Gasteiger partial charge in [0.25, 0.3) is 0 Å². The Bertz CT molecular complexity index is 1000. The average Bonchev–Trinajstić information content (AvgIpc) is 3.04. The Morgan fingerprint density at radius 1 is 1.12 bits per heavy atom. The molecule has 9 nitrogen and oxygen atoms in total. The number of rotatable bonds is 5. The van der Waals surface area contributed by atoms with Gasteiger partial charge in [0, 0.05) is 23.4 Å². The van der Waals surface area contributed by atoms with E-state index in [1.165, 1.54) is 36.1 Å². The fourth-order valence-electron chi connectivity index (χ4n) is 2.29. The van der Waals surface area contributed by atoms with Crippen LogP contribution in [-0.4, -0.2) is 24.2 Å². The van der Waals surface area contributed by atoms with E-state index in [0.29, 0.717) is 22.7 Å². The number of hydrogen-bond acceptors (Lipinski definition) is 5. The molecular weight excluding hydrogens is 340 g/mol. The Morgan fingerprint density at radius 3 is 2.35 bits per heavy atom. The number of anilines is 1. The summed E-state index contributed by atoms with van der Waals surface area (Å²) in [6, 6.07) is 12.6. The maximum atomic E-state index is 12.5. The molecule has 0 saturated carbocycles. The molecule has 0 aliphatic carbocycles. The lowest BCUT2D eigenvalue weighted by molar-refractivity contribution is -0.672. The third-order valence-corrected chi connectivity index (χ3v) is 3.62. The minimum absolute atomic E-state index is 0.242. The van der Waals surface area contributed by atoms with Crippen LogP contribution < -0.4 is 26.1 Å². The molecule has 26 heavy (non-hydrogen) atoms. The number of primary amides is 1. The highest BCUT2D eigenvalue weighted by Crippen LogP contribution is 2.12. The van der Waals surface area contributed by atoms with Crippen LogP contribution >= 0.6 is 0 Å². The number of carbonyl (C=O) groups is 2. The predicted molar refractivity (Wildman–Crippen MR) is 90.3 cm³/mol. The summed E-state index contributed by atoms with van der Waals surface area (Å²) in [5, 5.41) is 4.95. The summed E-state index contributed by atoms with van der Waals surface area (Å²) in [6.07, 6.45) is 0. The molecule has 0 bridgehead atoms. The van der Waals surface area contributed by atoms with Gasteiger partial charge in [0.2, 0.25) is 11.6 Å². The van der Waals surface area contributed by atoms with Crippen molar-refractivity contribution in [2.24, 2.45) is 5.73 Å². The van der Waals surface area contributed by atoms with Gasteiger partial charge in [-0.1, -0.05) is 0 Å². The van der Waals surface area contributed by atoms with E-state index in [4.69, 9.17) is 15.0 Å². The molecule has 1 heterocycles. The van der Waals surface area contributed by atoms with Crippen LogP contribution in [0, 0.1) is 0 Å². The molecule has 3 rings (SSSR count). The second kappa shape index (κ2) is 6.93. The zero-order valence-corrected chi connectivity index (χ0v) is 13.7. The van der Waals surface area contributed by atoms with E-state index in [0.717, 1.165) is 0 Å². The first-order valence-corrected chi connectivity index (χ1v) is 7.49. The van der Waals surface area contributed by atoms with E-state index in [-0.39, 0.29) is 5.69 Å². The topological polar surface area (TPSA) is 131 Å². The van der Waals surface area contributed by atoms with Crippen LogP contribution in [0.5, 0.6) is 5.75 Å². The summed E-state index contributed by atoms with van der Waals surface area (Å²) in [4.78, 5) is 35.5. The zero-order chi connectivity index (χ0) is 18.7. The Hall–Kier alpha value is -3.88. The van der Waals surface area contributed by atoms with Crippen molar-refractivity contribution in [2.45, 2.75) is 0 Å². The molecule has 3 aromatic rings. The second-order valence-electron chi connectivity index (χ2n) is 5.26. The fourth-order valence-corrected chi connectivity index (χ4v) is 2.29. The molecule has 0 radical (unpaired) electrons. The van der Waals surface area contributed by atoms with E-state index >= 15 is 0 Å². The smallest absolute Gasteiger partial charge is 0.441 e. The van der Waals surface area contributed by atoms with E-state index in [2.05, 4.69) is 10.6 Å². The Balaban J connectivity index is 1.88. The molecule has 0 aliphatic rings. The second-order valence-corrected chi connectivity index (χ2v) is 5.26. The van der Waals surface area contributed by atoms with Crippen LogP contribution in [0.25, 0.3) is 5.69 Å². The summed E-state index contributed by atoms with van der Waals surface area (Å²) < 4.78 is 11.0. The van der Waals surface area contributed by atoms with Crippen LogP contribution in [-0.2, 0) is 0 Å². The number of amides is 2. The molecule has 9 heteroatoms. The van der Waals surface area contributed by atoms with E-state index in [1.54, 1.807) is 24.3 Å². The van der Waals surface area contributed by atoms with Crippen LogP contribution in [0.4, 0.5) is 5.69 Å². The third kappa shape index (κ3) is 3.31. The monoisotopic (exact) mass is 355 g/mol. The van der Waals surface area contributed by atoms with Crippen LogP contribution in [0.1, 0.15) is 20.8 Å². The molecule has 0 saturated heterocycles. The molecule has 0 atom stereocenters. The lowest BCUT2D eigenvalue weighted by Crippen LogP contribution is -2.42. The number of aromatic nitrogens is 2. The van der Waals surface area contributed by atoms with Crippen molar-refractivity contribution < 1.29 is 23.5 Å². The molecule has 0 fully saturated rings. The van der Waals surface area contributed by atoms with Crippen molar-refractivity contribution >= 4 is 17.5 Å². The van der Waals surface area contributed by atoms with Crippen molar-refractivity contribution in [3.8, 4) is 11.4 Å². The first-order valence-electron chi connectivity index (χ1n) is 7.49. The highest BCUT2D eigenvalue weighted by atomic mass is 16.5. The number of ether oxygens (including phenoxy) is 1. The first kappa shape index (κ1) is 17.0. The highest BCUT2D eigenvalue weighted by Gasteiger charge is 2.30. The SMILES string of the molecule is COc1ccc(-[n+]2[nH]oc(=O)c2C(=O)Nc2ccc(C(N)=O)cc2)cc1. The summed E-state index contributed by atoms with van der Waals surface area (Å²) in [5.41, 5.74) is 5.30. The quantitative estimate of drug-likeness (QED) is 0.577. The predicted octanol–water partition coefficient (Wildman–Crippen LogP) is 0.604. The summed E-state index contributed by atoms with van der Waals surface area (Å²) in [7, 11) is 1.53. The van der Waals surface area contributed by atoms with Crippen LogP contribution in [0.2, 0.25) is 0 Å². The van der Waals surface area contributed by atoms with Gasteiger partial charge in [-0.3, -0.25) is 14.1 Å². The molecule has 2 amide bonds. The Labute approximate surface area is 146 Å². The zero-order valence-electron chi connectivity index (χ0n) is 13.7. The van der Waals surface area contributed by atoms with Crippen molar-refractivity contribution in [1.82, 2.24) is 5.27 Å². The summed E-state index contributed by atoms with van der Waals surface area (Å²) in [5.74, 6) is -0.630. The van der Waals surface area contributed by atoms with Gasteiger partial charge in [-0.25, -0.2) is 4.79 Å². The van der Waals surface area contributed by atoms with Gasteiger partial charge < -0.3 is 15.8 Å². The minimum Gasteiger partial charge on any atom is -0.497 e. The maximum Gasteiger partial charge on any atom is 0.441 e. The largest absolute Gasteiger partial charge is 0.497 e. The molecule has 4 N–H and O–H groups in total. The normalized spacial score (nSPS) is 10.3. The molecule has 0 aliphatic heterocycles. The number of nitrogens with zero attached hydrogens (tertiary/aromatic N) is 1. The van der Waals surface area contributed by atoms with Gasteiger partial charge >= 0.3 is 17.2 Å². The lowest BCUT2D eigenvalue weighted by atomic mass is 10.2. The van der Waals surface area contributed by atoms with Gasteiger partial charge in [0.15, 0.2) is 0 Å². The molecule has 132 valence electrons.